The number of phenols is 1. The number of hydrogen-bond donors (Lipinski definition) is 2. The number of aromatic hydroxyl groups is 1. The van der Waals surface area contributed by atoms with Crippen LogP contribution in [0.1, 0.15) is 36.5 Å². The van der Waals surface area contributed by atoms with Gasteiger partial charge in [0.25, 0.3) is 5.91 Å². The van der Waals surface area contributed by atoms with E-state index in [-0.39, 0.29) is 24.2 Å². The van der Waals surface area contributed by atoms with Crippen LogP contribution in [0.2, 0.25) is 0 Å². The first-order valence-corrected chi connectivity index (χ1v) is 10.1. The molecule has 0 saturated carbocycles. The first-order chi connectivity index (χ1) is 13.2. The number of nitrogens with one attached hydrogen (secondary N) is 1. The molecule has 0 saturated heterocycles. The van der Waals surface area contributed by atoms with E-state index in [1.807, 2.05) is 19.1 Å². The van der Waals surface area contributed by atoms with Crippen LogP contribution >= 0.6 is 31.9 Å². The van der Waals surface area contributed by atoms with E-state index in [0.29, 0.717) is 21.5 Å². The van der Waals surface area contributed by atoms with E-state index in [1.165, 1.54) is 13.3 Å². The van der Waals surface area contributed by atoms with Crippen LogP contribution in [0.3, 0.4) is 0 Å². The van der Waals surface area contributed by atoms with E-state index in [4.69, 9.17) is 9.47 Å². The molecule has 0 aliphatic heterocycles. The summed E-state index contributed by atoms with van der Waals surface area (Å²) in [5, 5.41) is 13.7. The number of rotatable bonds is 7. The lowest BCUT2D eigenvalue weighted by atomic mass is 10.0. The monoisotopic (exact) mass is 512 g/mol. The van der Waals surface area contributed by atoms with E-state index in [0.717, 1.165) is 15.6 Å². The van der Waals surface area contributed by atoms with Gasteiger partial charge >= 0.3 is 0 Å². The Morgan fingerprint density at radius 3 is 2.57 bits per heavy atom. The van der Waals surface area contributed by atoms with E-state index in [2.05, 4.69) is 56.2 Å². The topological polar surface area (TPSA) is 80.2 Å². The fourth-order valence-corrected chi connectivity index (χ4v) is 3.25. The quantitative estimate of drug-likeness (QED) is 0.408. The Morgan fingerprint density at radius 2 is 1.93 bits per heavy atom. The third-order valence-corrected chi connectivity index (χ3v) is 5.40. The molecular formula is C20H22Br2N2O4. The van der Waals surface area contributed by atoms with Gasteiger partial charge in [0.1, 0.15) is 5.75 Å². The molecule has 0 fully saturated rings. The molecule has 2 aromatic carbocycles. The summed E-state index contributed by atoms with van der Waals surface area (Å²) in [6.45, 7) is 5.95. The van der Waals surface area contributed by atoms with Crippen LogP contribution in [-0.2, 0) is 4.79 Å². The highest BCUT2D eigenvalue weighted by Gasteiger charge is 2.12. The lowest BCUT2D eigenvalue weighted by Gasteiger charge is -2.15. The number of amides is 1. The molecule has 0 radical (unpaired) electrons. The highest BCUT2D eigenvalue weighted by atomic mass is 79.9. The van der Waals surface area contributed by atoms with Gasteiger partial charge < -0.3 is 14.6 Å². The van der Waals surface area contributed by atoms with Gasteiger partial charge in [-0.05, 0) is 69.7 Å². The molecule has 150 valence electrons. The maximum Gasteiger partial charge on any atom is 0.277 e. The summed E-state index contributed by atoms with van der Waals surface area (Å²) in [6, 6.07) is 7.19. The molecule has 0 spiro atoms. The molecule has 0 heterocycles. The smallest absolute Gasteiger partial charge is 0.277 e. The first kappa shape index (κ1) is 22.2. The highest BCUT2D eigenvalue weighted by Crippen LogP contribution is 2.35. The Bertz CT molecular complexity index is 898. The minimum absolute atomic E-state index is 0.00262. The van der Waals surface area contributed by atoms with Crippen molar-refractivity contribution in [1.82, 2.24) is 5.43 Å². The van der Waals surface area contributed by atoms with Gasteiger partial charge in [0, 0.05) is 4.47 Å². The average molecular weight is 514 g/mol. The maximum absolute atomic E-state index is 12.1. The summed E-state index contributed by atoms with van der Waals surface area (Å²) in [7, 11) is 1.46. The van der Waals surface area contributed by atoms with Crippen molar-refractivity contribution < 1.29 is 19.4 Å². The van der Waals surface area contributed by atoms with Gasteiger partial charge in [0.2, 0.25) is 0 Å². The average Bonchev–Trinajstić information content (AvgIpc) is 2.64. The molecule has 0 bridgehead atoms. The zero-order valence-electron chi connectivity index (χ0n) is 16.0. The fraction of sp³-hybridized carbons (Fsp3) is 0.300. The van der Waals surface area contributed by atoms with E-state index in [9.17, 15) is 9.90 Å². The van der Waals surface area contributed by atoms with Crippen molar-refractivity contribution in [2.24, 2.45) is 5.10 Å². The Labute approximate surface area is 181 Å². The largest absolute Gasteiger partial charge is 0.503 e. The van der Waals surface area contributed by atoms with Crippen LogP contribution in [0.5, 0.6) is 17.2 Å². The Kier molecular flexibility index (Phi) is 7.88. The standard InChI is InChI=1S/C20H22Br2N2O4/c1-11(2)14-8-15(21)12(3)5-17(14)28-10-19(25)24-23-9-13-6-16(22)20(26)18(7-13)27-4/h5-9,11,26H,10H2,1-4H3,(H,24,25)/b23-9+. The predicted octanol–water partition coefficient (Wildman–Crippen LogP) is 4.89. The molecule has 2 aromatic rings. The summed E-state index contributed by atoms with van der Waals surface area (Å²) in [5.41, 5.74) is 5.13. The first-order valence-electron chi connectivity index (χ1n) is 8.54. The predicted molar refractivity (Wildman–Crippen MR) is 117 cm³/mol. The number of methoxy groups -OCH3 is 1. The zero-order chi connectivity index (χ0) is 20.8. The number of hydrazone groups is 1. The second-order valence-electron chi connectivity index (χ2n) is 6.43. The van der Waals surface area contributed by atoms with Crippen molar-refractivity contribution in [3.8, 4) is 17.2 Å². The van der Waals surface area contributed by atoms with Gasteiger partial charge in [-0.15, -0.1) is 0 Å². The number of halogens is 2. The number of benzene rings is 2. The summed E-state index contributed by atoms with van der Waals surface area (Å²) < 4.78 is 12.3. The number of carbonyl (C=O) groups excluding carboxylic acids is 1. The third-order valence-electron chi connectivity index (χ3n) is 3.95. The number of aryl methyl sites for hydroxylation is 1. The van der Waals surface area contributed by atoms with Crippen molar-refractivity contribution in [3.05, 3.63) is 49.9 Å². The molecule has 0 atom stereocenters. The van der Waals surface area contributed by atoms with Crippen LogP contribution < -0.4 is 14.9 Å². The number of hydrogen-bond acceptors (Lipinski definition) is 5. The summed E-state index contributed by atoms with van der Waals surface area (Å²) in [6.07, 6.45) is 1.45. The fourth-order valence-electron chi connectivity index (χ4n) is 2.42. The number of nitrogens with zero attached hydrogens (tertiary/aromatic N) is 1. The van der Waals surface area contributed by atoms with Crippen molar-refractivity contribution in [3.63, 3.8) is 0 Å². The molecule has 0 aliphatic carbocycles. The van der Waals surface area contributed by atoms with Crippen LogP contribution in [-0.4, -0.2) is 30.9 Å². The van der Waals surface area contributed by atoms with Crippen LogP contribution in [0.4, 0.5) is 0 Å². The van der Waals surface area contributed by atoms with Crippen molar-refractivity contribution in [2.75, 3.05) is 13.7 Å². The maximum atomic E-state index is 12.1. The molecule has 8 heteroatoms. The van der Waals surface area contributed by atoms with Gasteiger partial charge in [-0.1, -0.05) is 29.8 Å². The Morgan fingerprint density at radius 1 is 1.21 bits per heavy atom. The van der Waals surface area contributed by atoms with E-state index in [1.54, 1.807) is 12.1 Å². The van der Waals surface area contributed by atoms with Crippen LogP contribution in [0.25, 0.3) is 0 Å². The van der Waals surface area contributed by atoms with Crippen LogP contribution in [0.15, 0.2) is 38.3 Å². The minimum Gasteiger partial charge on any atom is -0.503 e. The SMILES string of the molecule is COc1cc(/C=N/NC(=O)COc2cc(C)c(Br)cc2C(C)C)cc(Br)c1O. The molecule has 6 nitrogen and oxygen atoms in total. The molecule has 0 unspecified atom stereocenters. The van der Waals surface area contributed by atoms with Crippen LogP contribution in [0, 0.1) is 6.92 Å². The summed E-state index contributed by atoms with van der Waals surface area (Å²) in [4.78, 5) is 12.1. The van der Waals surface area contributed by atoms with Crippen molar-refractivity contribution >= 4 is 44.0 Å². The molecule has 2 N–H and O–H groups in total. The second kappa shape index (κ2) is 9.93. The number of phenolic OH excluding ortho intramolecular Hbond substituents is 1. The van der Waals surface area contributed by atoms with Gasteiger partial charge in [-0.3, -0.25) is 4.79 Å². The second-order valence-corrected chi connectivity index (χ2v) is 8.14. The summed E-state index contributed by atoms with van der Waals surface area (Å²) in [5.74, 6) is 0.870. The molecule has 28 heavy (non-hydrogen) atoms. The molecule has 0 aliphatic rings. The Hall–Kier alpha value is -2.06. The third kappa shape index (κ3) is 5.72. The lowest BCUT2D eigenvalue weighted by molar-refractivity contribution is -0.123. The van der Waals surface area contributed by atoms with Gasteiger partial charge in [0.05, 0.1) is 17.8 Å². The minimum atomic E-state index is -0.378. The molecule has 2 rings (SSSR count). The summed E-state index contributed by atoms with van der Waals surface area (Å²) >= 11 is 6.76. The van der Waals surface area contributed by atoms with E-state index >= 15 is 0 Å². The highest BCUT2D eigenvalue weighted by molar-refractivity contribution is 9.10. The number of ether oxygens (including phenoxy) is 2. The zero-order valence-corrected chi connectivity index (χ0v) is 19.2. The molecular weight excluding hydrogens is 492 g/mol. The Balaban J connectivity index is 2.00. The van der Waals surface area contributed by atoms with Gasteiger partial charge in [0.15, 0.2) is 18.1 Å². The molecule has 1 amide bonds. The van der Waals surface area contributed by atoms with E-state index < -0.39 is 0 Å². The van der Waals surface area contributed by atoms with Gasteiger partial charge in [-0.25, -0.2) is 5.43 Å². The van der Waals surface area contributed by atoms with Crippen molar-refractivity contribution in [2.45, 2.75) is 26.7 Å². The van der Waals surface area contributed by atoms with Crippen molar-refractivity contribution in [1.29, 1.82) is 0 Å². The molecule has 0 aromatic heterocycles. The number of carbonyl (C=O) groups is 1. The normalized spacial score (nSPS) is 11.1. The van der Waals surface area contributed by atoms with Gasteiger partial charge in [-0.2, -0.15) is 5.10 Å². The lowest BCUT2D eigenvalue weighted by Crippen LogP contribution is -2.25.